The summed E-state index contributed by atoms with van der Waals surface area (Å²) < 4.78 is 17.9. The number of hydrogen-bond donors (Lipinski definition) is 1. The average molecular weight is 346 g/mol. The van der Waals surface area contributed by atoms with E-state index < -0.39 is 29.2 Å². The molecule has 1 amide bonds. The highest BCUT2D eigenvalue weighted by Crippen LogP contribution is 2.21. The molecule has 0 saturated heterocycles. The number of aryl methyl sites for hydroxylation is 1. The molecule has 0 aliphatic heterocycles. The number of non-ortho nitro benzene ring substituents is 1. The van der Waals surface area contributed by atoms with Gasteiger partial charge >= 0.3 is 5.97 Å². The number of benzene rings is 2. The zero-order valence-corrected chi connectivity index (χ0v) is 13.3. The van der Waals surface area contributed by atoms with Crippen LogP contribution in [0.5, 0.6) is 0 Å². The van der Waals surface area contributed by atoms with Crippen LogP contribution in [-0.2, 0) is 20.7 Å². The van der Waals surface area contributed by atoms with Crippen LogP contribution in [0.15, 0.2) is 42.5 Å². The summed E-state index contributed by atoms with van der Waals surface area (Å²) in [5.41, 5.74) is 1.25. The van der Waals surface area contributed by atoms with E-state index in [1.165, 1.54) is 36.4 Å². The molecule has 0 aliphatic carbocycles. The smallest absolute Gasteiger partial charge is 0.310 e. The molecular weight excluding hydrogens is 331 g/mol. The fourth-order valence-electron chi connectivity index (χ4n) is 2.10. The second-order valence-electron chi connectivity index (χ2n) is 5.27. The van der Waals surface area contributed by atoms with Gasteiger partial charge in [0.1, 0.15) is 5.82 Å². The van der Waals surface area contributed by atoms with Crippen molar-refractivity contribution < 1.29 is 23.6 Å². The number of hydrogen-bond acceptors (Lipinski definition) is 5. The Morgan fingerprint density at radius 2 is 2.00 bits per heavy atom. The van der Waals surface area contributed by atoms with Crippen LogP contribution in [0, 0.1) is 22.9 Å². The van der Waals surface area contributed by atoms with Crippen molar-refractivity contribution in [1.82, 2.24) is 0 Å². The standard InChI is InChI=1S/C17H15FN2O5/c1-11-7-14(20(23)24)5-6-15(11)19-16(21)10-25-17(22)9-12-3-2-4-13(18)8-12/h2-8H,9-10H2,1H3,(H,19,21). The highest BCUT2D eigenvalue weighted by molar-refractivity contribution is 5.93. The zero-order valence-electron chi connectivity index (χ0n) is 13.3. The molecule has 8 heteroatoms. The van der Waals surface area contributed by atoms with Gasteiger partial charge in [0.25, 0.3) is 11.6 Å². The lowest BCUT2D eigenvalue weighted by atomic mass is 10.1. The number of nitrogens with zero attached hydrogens (tertiary/aromatic N) is 1. The lowest BCUT2D eigenvalue weighted by Gasteiger charge is -2.09. The molecule has 0 spiro atoms. The largest absolute Gasteiger partial charge is 0.455 e. The normalized spacial score (nSPS) is 10.2. The summed E-state index contributed by atoms with van der Waals surface area (Å²) in [5.74, 6) is -1.71. The van der Waals surface area contributed by atoms with Crippen molar-refractivity contribution in [1.29, 1.82) is 0 Å². The topological polar surface area (TPSA) is 98.5 Å². The van der Waals surface area contributed by atoms with Crippen LogP contribution in [-0.4, -0.2) is 23.4 Å². The number of amides is 1. The van der Waals surface area contributed by atoms with Crippen molar-refractivity contribution in [2.45, 2.75) is 13.3 Å². The van der Waals surface area contributed by atoms with Crippen molar-refractivity contribution in [2.24, 2.45) is 0 Å². The van der Waals surface area contributed by atoms with E-state index in [0.717, 1.165) is 0 Å². The van der Waals surface area contributed by atoms with Crippen LogP contribution >= 0.6 is 0 Å². The van der Waals surface area contributed by atoms with Gasteiger partial charge in [0.05, 0.1) is 11.3 Å². The third-order valence-electron chi connectivity index (χ3n) is 3.30. The van der Waals surface area contributed by atoms with Crippen LogP contribution in [0.3, 0.4) is 0 Å². The fourth-order valence-corrected chi connectivity index (χ4v) is 2.10. The third kappa shape index (κ3) is 5.38. The number of ether oxygens (including phenoxy) is 1. The minimum Gasteiger partial charge on any atom is -0.455 e. The number of anilines is 1. The first-order valence-corrected chi connectivity index (χ1v) is 7.30. The zero-order chi connectivity index (χ0) is 18.4. The number of nitro groups is 1. The second-order valence-corrected chi connectivity index (χ2v) is 5.27. The molecule has 2 rings (SSSR count). The Kier molecular flexibility index (Phi) is 5.78. The summed E-state index contributed by atoms with van der Waals surface area (Å²) in [6.45, 7) is 1.10. The first kappa shape index (κ1) is 18.1. The molecule has 0 fully saturated rings. The quantitative estimate of drug-likeness (QED) is 0.493. The molecule has 0 aromatic heterocycles. The monoisotopic (exact) mass is 346 g/mol. The molecule has 130 valence electrons. The SMILES string of the molecule is Cc1cc([N+](=O)[O-])ccc1NC(=O)COC(=O)Cc1cccc(F)c1. The van der Waals surface area contributed by atoms with Gasteiger partial charge in [-0.15, -0.1) is 0 Å². The Bertz CT molecular complexity index is 822. The van der Waals surface area contributed by atoms with Gasteiger partial charge < -0.3 is 10.1 Å². The summed E-state index contributed by atoms with van der Waals surface area (Å²) in [7, 11) is 0. The summed E-state index contributed by atoms with van der Waals surface area (Å²) in [6.07, 6.45) is -0.151. The van der Waals surface area contributed by atoms with Crippen molar-refractivity contribution >= 4 is 23.3 Å². The Balaban J connectivity index is 1.86. The maximum absolute atomic E-state index is 13.0. The van der Waals surface area contributed by atoms with E-state index in [1.807, 2.05) is 0 Å². The first-order valence-electron chi connectivity index (χ1n) is 7.30. The van der Waals surface area contributed by atoms with Gasteiger partial charge in [-0.1, -0.05) is 12.1 Å². The summed E-state index contributed by atoms with van der Waals surface area (Å²) in [4.78, 5) is 33.6. The molecule has 0 unspecified atom stereocenters. The van der Waals surface area contributed by atoms with Crippen LogP contribution in [0.4, 0.5) is 15.8 Å². The molecule has 0 radical (unpaired) electrons. The Morgan fingerprint density at radius 3 is 2.64 bits per heavy atom. The number of rotatable bonds is 6. The Hall–Kier alpha value is -3.29. The van der Waals surface area contributed by atoms with Crippen molar-refractivity contribution in [2.75, 3.05) is 11.9 Å². The molecular formula is C17H15FN2O5. The molecule has 7 nitrogen and oxygen atoms in total. The predicted molar refractivity (Wildman–Crippen MR) is 87.5 cm³/mol. The Labute approximate surface area is 142 Å². The van der Waals surface area contributed by atoms with E-state index in [1.54, 1.807) is 13.0 Å². The van der Waals surface area contributed by atoms with E-state index in [2.05, 4.69) is 5.32 Å². The summed E-state index contributed by atoms with van der Waals surface area (Å²) in [5, 5.41) is 13.2. The number of esters is 1. The minimum absolute atomic E-state index is 0.0861. The first-order chi connectivity index (χ1) is 11.8. The van der Waals surface area contributed by atoms with Crippen LogP contribution in [0.25, 0.3) is 0 Å². The maximum atomic E-state index is 13.0. The fraction of sp³-hybridized carbons (Fsp3) is 0.176. The molecule has 0 aliphatic rings. The van der Waals surface area contributed by atoms with E-state index >= 15 is 0 Å². The van der Waals surface area contributed by atoms with Gasteiger partial charge in [0.2, 0.25) is 0 Å². The molecule has 25 heavy (non-hydrogen) atoms. The van der Waals surface area contributed by atoms with Crippen LogP contribution in [0.2, 0.25) is 0 Å². The van der Waals surface area contributed by atoms with Gasteiger partial charge in [0, 0.05) is 17.8 Å². The molecule has 2 aromatic rings. The summed E-state index contributed by atoms with van der Waals surface area (Å²) in [6, 6.07) is 9.51. The average Bonchev–Trinajstić information content (AvgIpc) is 2.54. The molecule has 1 N–H and O–H groups in total. The van der Waals surface area contributed by atoms with Crippen molar-refractivity contribution in [3.05, 3.63) is 69.5 Å². The maximum Gasteiger partial charge on any atom is 0.310 e. The minimum atomic E-state index is -0.666. The van der Waals surface area contributed by atoms with E-state index in [-0.39, 0.29) is 12.1 Å². The van der Waals surface area contributed by atoms with Gasteiger partial charge in [-0.05, 0) is 36.2 Å². The molecule has 0 bridgehead atoms. The van der Waals surface area contributed by atoms with Gasteiger partial charge in [-0.2, -0.15) is 0 Å². The van der Waals surface area contributed by atoms with E-state index in [4.69, 9.17) is 4.74 Å². The number of nitro benzene ring substituents is 1. The number of halogens is 1. The molecule has 0 atom stereocenters. The Morgan fingerprint density at radius 1 is 1.24 bits per heavy atom. The summed E-state index contributed by atoms with van der Waals surface area (Å²) >= 11 is 0. The lowest BCUT2D eigenvalue weighted by Crippen LogP contribution is -2.22. The van der Waals surface area contributed by atoms with Crippen molar-refractivity contribution in [3.63, 3.8) is 0 Å². The molecule has 0 saturated carbocycles. The third-order valence-corrected chi connectivity index (χ3v) is 3.30. The highest BCUT2D eigenvalue weighted by atomic mass is 19.1. The predicted octanol–water partition coefficient (Wildman–Crippen LogP) is 2.77. The molecule has 0 heterocycles. The highest BCUT2D eigenvalue weighted by Gasteiger charge is 2.12. The second kappa shape index (κ2) is 8.00. The van der Waals surface area contributed by atoms with Gasteiger partial charge in [0.15, 0.2) is 6.61 Å². The van der Waals surface area contributed by atoms with Crippen LogP contribution < -0.4 is 5.32 Å². The van der Waals surface area contributed by atoms with Crippen LogP contribution in [0.1, 0.15) is 11.1 Å². The van der Waals surface area contributed by atoms with E-state index in [9.17, 15) is 24.1 Å². The van der Waals surface area contributed by atoms with Gasteiger partial charge in [-0.3, -0.25) is 19.7 Å². The number of carbonyl (C=O) groups excluding carboxylic acids is 2. The van der Waals surface area contributed by atoms with E-state index in [0.29, 0.717) is 16.8 Å². The number of carbonyl (C=O) groups is 2. The molecule has 2 aromatic carbocycles. The number of nitrogens with one attached hydrogen (secondary N) is 1. The van der Waals surface area contributed by atoms with Gasteiger partial charge in [-0.25, -0.2) is 4.39 Å². The lowest BCUT2D eigenvalue weighted by molar-refractivity contribution is -0.384. The van der Waals surface area contributed by atoms with Crippen molar-refractivity contribution in [3.8, 4) is 0 Å².